The van der Waals surface area contributed by atoms with E-state index in [1.54, 1.807) is 24.3 Å². The van der Waals surface area contributed by atoms with Gasteiger partial charge in [-0.15, -0.1) is 0 Å². The van der Waals surface area contributed by atoms with Crippen LogP contribution < -0.4 is 10.6 Å². The molecule has 0 radical (unpaired) electrons. The molecule has 0 spiro atoms. The van der Waals surface area contributed by atoms with Crippen LogP contribution in [-0.4, -0.2) is 31.1 Å². The van der Waals surface area contributed by atoms with E-state index in [0.29, 0.717) is 19.2 Å². The summed E-state index contributed by atoms with van der Waals surface area (Å²) in [6, 6.07) is 8.97. The van der Waals surface area contributed by atoms with Crippen LogP contribution in [0.25, 0.3) is 0 Å². The van der Waals surface area contributed by atoms with Crippen molar-refractivity contribution in [2.75, 3.05) is 18.5 Å². The second kappa shape index (κ2) is 8.05. The summed E-state index contributed by atoms with van der Waals surface area (Å²) in [6.07, 6.45) is 1.86. The minimum atomic E-state index is -0.849. The van der Waals surface area contributed by atoms with Crippen molar-refractivity contribution in [2.24, 2.45) is 0 Å². The summed E-state index contributed by atoms with van der Waals surface area (Å²) in [5.41, 5.74) is 0.347. The summed E-state index contributed by atoms with van der Waals surface area (Å²) in [5, 5.41) is 5.30. The highest BCUT2D eigenvalue weighted by molar-refractivity contribution is 6.09. The van der Waals surface area contributed by atoms with E-state index in [1.807, 2.05) is 0 Å². The smallest absolute Gasteiger partial charge is 0.255 e. The van der Waals surface area contributed by atoms with Crippen LogP contribution in [0, 0.1) is 11.6 Å². The Balaban J connectivity index is 1.71. The molecule has 1 saturated heterocycles. The largest absolute Gasteiger partial charge is 0.376 e. The second-order valence-corrected chi connectivity index (χ2v) is 6.00. The third kappa shape index (κ3) is 4.43. The molecular weight excluding hydrogens is 342 g/mol. The maximum absolute atomic E-state index is 13.3. The average molecular weight is 360 g/mol. The normalized spacial score (nSPS) is 16.3. The van der Waals surface area contributed by atoms with Crippen LogP contribution in [0.4, 0.5) is 14.5 Å². The fourth-order valence-corrected chi connectivity index (χ4v) is 2.78. The Morgan fingerprint density at radius 2 is 1.81 bits per heavy atom. The first-order valence-corrected chi connectivity index (χ1v) is 8.29. The summed E-state index contributed by atoms with van der Waals surface area (Å²) in [5.74, 6) is -2.76. The summed E-state index contributed by atoms with van der Waals surface area (Å²) in [4.78, 5) is 24.7. The molecule has 1 fully saturated rings. The maximum atomic E-state index is 13.3. The van der Waals surface area contributed by atoms with Crippen LogP contribution >= 0.6 is 0 Å². The Hall–Kier alpha value is -2.80. The van der Waals surface area contributed by atoms with Gasteiger partial charge in [0.1, 0.15) is 11.6 Å². The fraction of sp³-hybridized carbons (Fsp3) is 0.263. The van der Waals surface area contributed by atoms with Gasteiger partial charge in [0, 0.05) is 24.8 Å². The van der Waals surface area contributed by atoms with Crippen molar-refractivity contribution in [3.8, 4) is 0 Å². The number of ether oxygens (including phenoxy) is 1. The Labute approximate surface area is 149 Å². The zero-order chi connectivity index (χ0) is 18.5. The maximum Gasteiger partial charge on any atom is 0.255 e. The molecule has 2 aromatic rings. The molecule has 26 heavy (non-hydrogen) atoms. The minimum absolute atomic E-state index is 0.00373. The number of rotatable bonds is 5. The van der Waals surface area contributed by atoms with Gasteiger partial charge in [-0.2, -0.15) is 0 Å². The fourth-order valence-electron chi connectivity index (χ4n) is 2.78. The standard InChI is InChI=1S/C19H18F2N2O3/c20-13-8-12(9-14(21)10-13)18(24)23-17-6-2-1-5-16(17)19(25)22-11-15-4-3-7-26-15/h1-2,5-6,8-10,15H,3-4,7,11H2,(H,22,25)(H,23,24). The van der Waals surface area contributed by atoms with Gasteiger partial charge in [-0.1, -0.05) is 12.1 Å². The second-order valence-electron chi connectivity index (χ2n) is 6.00. The van der Waals surface area contributed by atoms with Crippen molar-refractivity contribution in [3.63, 3.8) is 0 Å². The molecule has 1 aliphatic heterocycles. The highest BCUT2D eigenvalue weighted by Crippen LogP contribution is 2.18. The number of para-hydroxylation sites is 1. The number of halogens is 2. The van der Waals surface area contributed by atoms with E-state index >= 15 is 0 Å². The monoisotopic (exact) mass is 360 g/mol. The van der Waals surface area contributed by atoms with E-state index in [4.69, 9.17) is 4.74 Å². The third-order valence-corrected chi connectivity index (χ3v) is 4.06. The lowest BCUT2D eigenvalue weighted by atomic mass is 10.1. The molecule has 1 unspecified atom stereocenters. The first-order chi connectivity index (χ1) is 12.5. The lowest BCUT2D eigenvalue weighted by molar-refractivity contribution is 0.0858. The van der Waals surface area contributed by atoms with Gasteiger partial charge in [-0.25, -0.2) is 8.78 Å². The van der Waals surface area contributed by atoms with Gasteiger partial charge in [0.2, 0.25) is 0 Å². The Morgan fingerprint density at radius 3 is 2.50 bits per heavy atom. The topological polar surface area (TPSA) is 67.4 Å². The first-order valence-electron chi connectivity index (χ1n) is 8.29. The van der Waals surface area contributed by atoms with Crippen LogP contribution in [0.1, 0.15) is 33.6 Å². The number of carbonyl (C=O) groups excluding carboxylic acids is 2. The quantitative estimate of drug-likeness (QED) is 0.861. The van der Waals surface area contributed by atoms with Gasteiger partial charge in [-0.3, -0.25) is 9.59 Å². The molecule has 7 heteroatoms. The minimum Gasteiger partial charge on any atom is -0.376 e. The molecule has 1 aliphatic rings. The Bertz CT molecular complexity index is 800. The lowest BCUT2D eigenvalue weighted by Gasteiger charge is -2.14. The van der Waals surface area contributed by atoms with Crippen molar-refractivity contribution in [1.82, 2.24) is 5.32 Å². The zero-order valence-corrected chi connectivity index (χ0v) is 13.9. The number of benzene rings is 2. The highest BCUT2D eigenvalue weighted by atomic mass is 19.1. The predicted octanol–water partition coefficient (Wildman–Crippen LogP) is 3.13. The summed E-state index contributed by atoms with van der Waals surface area (Å²) in [6.45, 7) is 1.08. The van der Waals surface area contributed by atoms with Gasteiger partial charge < -0.3 is 15.4 Å². The van der Waals surface area contributed by atoms with Crippen LogP contribution in [0.15, 0.2) is 42.5 Å². The van der Waals surface area contributed by atoms with Crippen LogP contribution in [0.3, 0.4) is 0 Å². The van der Waals surface area contributed by atoms with Crippen LogP contribution in [0.5, 0.6) is 0 Å². The Morgan fingerprint density at radius 1 is 1.08 bits per heavy atom. The molecule has 5 nitrogen and oxygen atoms in total. The summed E-state index contributed by atoms with van der Waals surface area (Å²) in [7, 11) is 0. The number of nitrogens with one attached hydrogen (secondary N) is 2. The number of hydrogen-bond acceptors (Lipinski definition) is 3. The third-order valence-electron chi connectivity index (χ3n) is 4.06. The number of amides is 2. The molecule has 2 aromatic carbocycles. The van der Waals surface area contributed by atoms with E-state index in [-0.39, 0.29) is 28.8 Å². The van der Waals surface area contributed by atoms with Crippen LogP contribution in [0.2, 0.25) is 0 Å². The van der Waals surface area contributed by atoms with Gasteiger partial charge in [0.15, 0.2) is 0 Å². The molecule has 3 rings (SSSR count). The molecule has 0 saturated carbocycles. The lowest BCUT2D eigenvalue weighted by Crippen LogP contribution is -2.32. The molecule has 0 aliphatic carbocycles. The van der Waals surface area contributed by atoms with Crippen molar-refractivity contribution in [2.45, 2.75) is 18.9 Å². The number of anilines is 1. The molecule has 0 bridgehead atoms. The molecule has 2 N–H and O–H groups in total. The predicted molar refractivity (Wildman–Crippen MR) is 92.1 cm³/mol. The highest BCUT2D eigenvalue weighted by Gasteiger charge is 2.19. The SMILES string of the molecule is O=C(Nc1ccccc1C(=O)NCC1CCCO1)c1cc(F)cc(F)c1. The number of hydrogen-bond donors (Lipinski definition) is 2. The van der Waals surface area contributed by atoms with Crippen molar-refractivity contribution in [1.29, 1.82) is 0 Å². The summed E-state index contributed by atoms with van der Waals surface area (Å²) >= 11 is 0. The molecular formula is C19H18F2N2O3. The Kier molecular flexibility index (Phi) is 5.58. The van der Waals surface area contributed by atoms with E-state index < -0.39 is 17.5 Å². The van der Waals surface area contributed by atoms with Crippen molar-refractivity contribution in [3.05, 3.63) is 65.2 Å². The zero-order valence-electron chi connectivity index (χ0n) is 13.9. The van der Waals surface area contributed by atoms with E-state index in [1.165, 1.54) is 0 Å². The average Bonchev–Trinajstić information content (AvgIpc) is 3.13. The molecule has 1 atom stereocenters. The molecule has 2 amide bonds. The van der Waals surface area contributed by atoms with E-state index in [0.717, 1.165) is 25.0 Å². The summed E-state index contributed by atoms with van der Waals surface area (Å²) < 4.78 is 32.0. The molecule has 136 valence electrons. The molecule has 1 heterocycles. The van der Waals surface area contributed by atoms with Crippen molar-refractivity contribution < 1.29 is 23.1 Å². The number of carbonyl (C=O) groups is 2. The van der Waals surface area contributed by atoms with E-state index in [9.17, 15) is 18.4 Å². The molecule has 0 aromatic heterocycles. The first kappa shape index (κ1) is 18.0. The van der Waals surface area contributed by atoms with Gasteiger partial charge in [-0.05, 0) is 37.1 Å². The van der Waals surface area contributed by atoms with Crippen molar-refractivity contribution >= 4 is 17.5 Å². The van der Waals surface area contributed by atoms with E-state index in [2.05, 4.69) is 10.6 Å². The van der Waals surface area contributed by atoms with Gasteiger partial charge in [0.05, 0.1) is 17.4 Å². The van der Waals surface area contributed by atoms with Gasteiger partial charge in [0.25, 0.3) is 11.8 Å². The van der Waals surface area contributed by atoms with Gasteiger partial charge >= 0.3 is 0 Å². The van der Waals surface area contributed by atoms with Crippen LogP contribution in [-0.2, 0) is 4.74 Å².